The van der Waals surface area contributed by atoms with Gasteiger partial charge in [0.15, 0.2) is 24.1 Å². The second kappa shape index (κ2) is 13.4. The van der Waals surface area contributed by atoms with Gasteiger partial charge in [-0.25, -0.2) is 4.99 Å². The highest BCUT2D eigenvalue weighted by molar-refractivity contribution is 6.30. The van der Waals surface area contributed by atoms with Crippen LogP contribution in [0.25, 0.3) is 0 Å². The Hall–Kier alpha value is -2.93. The number of ether oxygens (including phenoxy) is 2. The number of guanidine groups is 1. The molecule has 0 aliphatic carbocycles. The van der Waals surface area contributed by atoms with Crippen LogP contribution >= 0.6 is 11.6 Å². The molecule has 1 amide bonds. The highest BCUT2D eigenvalue weighted by Gasteiger charge is 2.08. The first-order valence-corrected chi connectivity index (χ1v) is 10.8. The Bertz CT molecular complexity index is 874. The van der Waals surface area contributed by atoms with Crippen LogP contribution in [0.2, 0.25) is 5.02 Å². The molecule has 0 saturated carbocycles. The summed E-state index contributed by atoms with van der Waals surface area (Å²) in [7, 11) is 1.57. The van der Waals surface area contributed by atoms with E-state index in [1.54, 1.807) is 13.2 Å². The van der Waals surface area contributed by atoms with E-state index in [4.69, 9.17) is 21.1 Å². The van der Waals surface area contributed by atoms with E-state index in [-0.39, 0.29) is 12.5 Å². The number of methoxy groups -OCH3 is 1. The van der Waals surface area contributed by atoms with Crippen molar-refractivity contribution in [2.75, 3.05) is 33.4 Å². The van der Waals surface area contributed by atoms with E-state index < -0.39 is 0 Å². The minimum atomic E-state index is -0.169. The number of carbonyl (C=O) groups excluding carboxylic acids is 1. The van der Waals surface area contributed by atoms with Crippen LogP contribution in [0, 0.1) is 0 Å². The van der Waals surface area contributed by atoms with Gasteiger partial charge in [0.1, 0.15) is 0 Å². The number of halogens is 1. The van der Waals surface area contributed by atoms with E-state index in [0.29, 0.717) is 24.6 Å². The number of nitrogens with zero attached hydrogens (tertiary/aromatic N) is 1. The van der Waals surface area contributed by atoms with Crippen molar-refractivity contribution >= 4 is 23.5 Å². The fourth-order valence-corrected chi connectivity index (χ4v) is 3.06. The molecule has 0 spiro atoms. The van der Waals surface area contributed by atoms with Gasteiger partial charge in [-0.1, -0.05) is 29.8 Å². The Kier molecular flexibility index (Phi) is 10.5. The number of nitrogens with one attached hydrogen (secondary N) is 3. The summed E-state index contributed by atoms with van der Waals surface area (Å²) in [6.45, 7) is 6.38. The molecule has 0 unspecified atom stereocenters. The molecule has 168 valence electrons. The lowest BCUT2D eigenvalue weighted by Crippen LogP contribution is -2.38. The van der Waals surface area contributed by atoms with Crippen molar-refractivity contribution in [3.05, 3.63) is 58.6 Å². The summed E-state index contributed by atoms with van der Waals surface area (Å²) in [5.41, 5.74) is 2.14. The quantitative estimate of drug-likeness (QED) is 0.365. The van der Waals surface area contributed by atoms with Gasteiger partial charge in [0.25, 0.3) is 5.91 Å². The molecule has 0 radical (unpaired) electrons. The number of rotatable bonds is 11. The Morgan fingerprint density at radius 2 is 1.81 bits per heavy atom. The molecule has 0 saturated heterocycles. The van der Waals surface area contributed by atoms with Gasteiger partial charge in [-0.05, 0) is 55.7 Å². The number of hydrogen-bond acceptors (Lipinski definition) is 4. The van der Waals surface area contributed by atoms with Crippen molar-refractivity contribution in [3.8, 4) is 11.5 Å². The Balaban J connectivity index is 1.95. The molecule has 2 aromatic rings. The van der Waals surface area contributed by atoms with Crippen molar-refractivity contribution in [2.45, 2.75) is 26.8 Å². The molecule has 0 aliphatic heterocycles. The van der Waals surface area contributed by atoms with Crippen LogP contribution in [-0.2, 0) is 17.8 Å². The van der Waals surface area contributed by atoms with Crippen molar-refractivity contribution in [1.29, 1.82) is 0 Å². The van der Waals surface area contributed by atoms with Crippen LogP contribution in [0.15, 0.2) is 47.5 Å². The molecular formula is C23H31ClN4O3. The number of carbonyl (C=O) groups is 1. The van der Waals surface area contributed by atoms with Crippen LogP contribution in [0.5, 0.6) is 11.5 Å². The summed E-state index contributed by atoms with van der Waals surface area (Å²) in [5.74, 6) is 1.65. The van der Waals surface area contributed by atoms with Crippen molar-refractivity contribution < 1.29 is 14.3 Å². The molecule has 0 atom stereocenters. The number of likely N-dealkylation sites (N-methyl/N-ethyl adjacent to an activating group) is 1. The Morgan fingerprint density at radius 3 is 2.52 bits per heavy atom. The van der Waals surface area contributed by atoms with E-state index in [1.807, 2.05) is 44.2 Å². The van der Waals surface area contributed by atoms with Gasteiger partial charge < -0.3 is 25.4 Å². The molecule has 0 fully saturated rings. The lowest BCUT2D eigenvalue weighted by atomic mass is 10.1. The van der Waals surface area contributed by atoms with E-state index in [1.165, 1.54) is 5.56 Å². The molecular weight excluding hydrogens is 416 g/mol. The van der Waals surface area contributed by atoms with E-state index in [0.717, 1.165) is 36.1 Å². The van der Waals surface area contributed by atoms with Gasteiger partial charge in [0, 0.05) is 24.7 Å². The SMILES string of the molecule is CCNC(=O)COc1ccc(CN=C(NCC)NCCc2cccc(Cl)c2)cc1OC. The molecule has 7 nitrogen and oxygen atoms in total. The van der Waals surface area contributed by atoms with Gasteiger partial charge in [0.05, 0.1) is 13.7 Å². The van der Waals surface area contributed by atoms with Crippen molar-refractivity contribution in [1.82, 2.24) is 16.0 Å². The molecule has 3 N–H and O–H groups in total. The summed E-state index contributed by atoms with van der Waals surface area (Å²) >= 11 is 6.04. The third kappa shape index (κ3) is 8.76. The molecule has 0 bridgehead atoms. The maximum Gasteiger partial charge on any atom is 0.257 e. The van der Waals surface area contributed by atoms with Crippen LogP contribution in [0.3, 0.4) is 0 Å². The van der Waals surface area contributed by atoms with E-state index in [2.05, 4.69) is 27.0 Å². The van der Waals surface area contributed by atoms with Gasteiger partial charge in [0.2, 0.25) is 0 Å². The Morgan fingerprint density at radius 1 is 1.00 bits per heavy atom. The number of amides is 1. The fraction of sp³-hybridized carbons (Fsp3) is 0.391. The molecule has 31 heavy (non-hydrogen) atoms. The van der Waals surface area contributed by atoms with Gasteiger partial charge in [-0.2, -0.15) is 0 Å². The third-order valence-electron chi connectivity index (χ3n) is 4.32. The highest BCUT2D eigenvalue weighted by atomic mass is 35.5. The zero-order valence-electron chi connectivity index (χ0n) is 18.3. The smallest absolute Gasteiger partial charge is 0.257 e. The summed E-state index contributed by atoms with van der Waals surface area (Å²) in [6.07, 6.45) is 0.844. The topological polar surface area (TPSA) is 84.0 Å². The minimum Gasteiger partial charge on any atom is -0.493 e. The van der Waals surface area contributed by atoms with Gasteiger partial charge in [-0.3, -0.25) is 4.79 Å². The fourth-order valence-electron chi connectivity index (χ4n) is 2.85. The molecule has 2 rings (SSSR count). The predicted molar refractivity (Wildman–Crippen MR) is 125 cm³/mol. The summed E-state index contributed by atoms with van der Waals surface area (Å²) in [6, 6.07) is 13.4. The number of benzene rings is 2. The van der Waals surface area contributed by atoms with Crippen molar-refractivity contribution in [2.24, 2.45) is 4.99 Å². The summed E-state index contributed by atoms with van der Waals surface area (Å²) in [5, 5.41) is 10.0. The van der Waals surface area contributed by atoms with Crippen LogP contribution < -0.4 is 25.4 Å². The third-order valence-corrected chi connectivity index (χ3v) is 4.55. The molecule has 0 aromatic heterocycles. The molecule has 8 heteroatoms. The van der Waals surface area contributed by atoms with Crippen LogP contribution in [0.4, 0.5) is 0 Å². The second-order valence-electron chi connectivity index (χ2n) is 6.73. The number of hydrogen-bond donors (Lipinski definition) is 3. The first-order chi connectivity index (χ1) is 15.0. The first kappa shape index (κ1) is 24.3. The summed E-state index contributed by atoms with van der Waals surface area (Å²) in [4.78, 5) is 16.2. The lowest BCUT2D eigenvalue weighted by molar-refractivity contribution is -0.123. The van der Waals surface area contributed by atoms with Gasteiger partial charge >= 0.3 is 0 Å². The first-order valence-electron chi connectivity index (χ1n) is 10.4. The maximum absolute atomic E-state index is 11.6. The van der Waals surface area contributed by atoms with Crippen LogP contribution in [0.1, 0.15) is 25.0 Å². The maximum atomic E-state index is 11.6. The molecule has 0 heterocycles. The predicted octanol–water partition coefficient (Wildman–Crippen LogP) is 3.16. The number of aliphatic imine (C=N–C) groups is 1. The summed E-state index contributed by atoms with van der Waals surface area (Å²) < 4.78 is 11.0. The molecule has 2 aromatic carbocycles. The minimum absolute atomic E-state index is 0.0528. The molecule has 0 aliphatic rings. The van der Waals surface area contributed by atoms with Crippen molar-refractivity contribution in [3.63, 3.8) is 0 Å². The standard InChI is InChI=1S/C23H31ClN4O3/c1-4-25-22(29)16-31-20-10-9-18(14-21(20)30-3)15-28-23(26-5-2)27-12-11-17-7-6-8-19(24)13-17/h6-10,13-14H,4-5,11-12,15-16H2,1-3H3,(H,25,29)(H2,26,27,28). The average molecular weight is 447 g/mol. The highest BCUT2D eigenvalue weighted by Crippen LogP contribution is 2.28. The lowest BCUT2D eigenvalue weighted by Gasteiger charge is -2.13. The zero-order chi connectivity index (χ0) is 22.5. The Labute approximate surface area is 189 Å². The largest absolute Gasteiger partial charge is 0.493 e. The average Bonchev–Trinajstić information content (AvgIpc) is 2.76. The van der Waals surface area contributed by atoms with E-state index >= 15 is 0 Å². The second-order valence-corrected chi connectivity index (χ2v) is 7.17. The van der Waals surface area contributed by atoms with Crippen LogP contribution in [-0.4, -0.2) is 45.2 Å². The normalized spacial score (nSPS) is 11.0. The van der Waals surface area contributed by atoms with Gasteiger partial charge in [-0.15, -0.1) is 0 Å². The zero-order valence-corrected chi connectivity index (χ0v) is 19.1. The monoisotopic (exact) mass is 446 g/mol. The van der Waals surface area contributed by atoms with E-state index in [9.17, 15) is 4.79 Å².